The van der Waals surface area contributed by atoms with Crippen molar-refractivity contribution in [3.8, 4) is 5.75 Å². The summed E-state index contributed by atoms with van der Waals surface area (Å²) in [6.07, 6.45) is 0. The molecule has 0 heterocycles. The number of halogens is 2. The number of anilines is 1. The van der Waals surface area contributed by atoms with Crippen molar-refractivity contribution in [1.29, 1.82) is 0 Å². The van der Waals surface area contributed by atoms with Crippen molar-refractivity contribution in [3.63, 3.8) is 0 Å². The van der Waals surface area contributed by atoms with E-state index in [2.05, 4.69) is 4.74 Å². The van der Waals surface area contributed by atoms with Crippen LogP contribution in [0.5, 0.6) is 5.75 Å². The Bertz CT molecular complexity index is 480. The molecule has 0 aliphatic rings. The summed E-state index contributed by atoms with van der Waals surface area (Å²) in [5.74, 6) is -1.51. The van der Waals surface area contributed by atoms with E-state index in [9.17, 15) is 14.3 Å². The molecule has 0 saturated heterocycles. The van der Waals surface area contributed by atoms with Crippen molar-refractivity contribution in [1.82, 2.24) is 0 Å². The first-order chi connectivity index (χ1) is 8.21. The normalized spacial score (nSPS) is 12.5. The Balaban J connectivity index is 0.00000324. The van der Waals surface area contributed by atoms with Crippen molar-refractivity contribution in [2.24, 2.45) is 11.1 Å². The van der Waals surface area contributed by atoms with E-state index in [1.54, 1.807) is 13.8 Å². The molecule has 1 rings (SSSR count). The number of nitrogens with two attached hydrogens (primary N) is 2. The Morgan fingerprint density at radius 3 is 2.47 bits per heavy atom. The highest BCUT2D eigenvalue weighted by Crippen LogP contribution is 2.39. The Morgan fingerprint density at radius 1 is 1.47 bits per heavy atom. The van der Waals surface area contributed by atoms with Gasteiger partial charge in [0.25, 0.3) is 0 Å². The second kappa shape index (κ2) is 6.08. The summed E-state index contributed by atoms with van der Waals surface area (Å²) in [6.45, 7) is 3.09. The third kappa shape index (κ3) is 3.27. The minimum Gasteiger partial charge on any atom is -0.505 e. The fraction of sp³-hybridized carbons (Fsp3) is 0.417. The molecule has 5 nitrogen and oxygen atoms in total. The Hall–Kier alpha value is -1.53. The number of carbonyl (C=O) groups excluding carboxylic acids is 1. The highest BCUT2D eigenvalue weighted by Gasteiger charge is 2.38. The number of phenols is 1. The maximum Gasteiger partial charge on any atom is 0.313 e. The van der Waals surface area contributed by atoms with Crippen LogP contribution in [-0.4, -0.2) is 18.2 Å². The molecule has 0 aliphatic heterocycles. The molecule has 108 valence electrons. The smallest absolute Gasteiger partial charge is 0.313 e. The van der Waals surface area contributed by atoms with E-state index < -0.39 is 23.2 Å². The lowest BCUT2D eigenvalue weighted by atomic mass is 9.80. The summed E-state index contributed by atoms with van der Waals surface area (Å²) >= 11 is 0. The standard InChI is InChI=1S/C12H17FN2O3.ClH/c1-12(2,11(17)18-3)10(15)7-4-6(13)5-8(14)9(7)16;/h4-5,10,16H,14-15H2,1-3H3;1H/t10-;/m0./s1. The summed E-state index contributed by atoms with van der Waals surface area (Å²) in [7, 11) is 1.23. The van der Waals surface area contributed by atoms with Crippen molar-refractivity contribution in [2.75, 3.05) is 12.8 Å². The van der Waals surface area contributed by atoms with Crippen molar-refractivity contribution < 1.29 is 19.0 Å². The van der Waals surface area contributed by atoms with Gasteiger partial charge in [-0.1, -0.05) is 0 Å². The number of methoxy groups -OCH3 is 1. The highest BCUT2D eigenvalue weighted by molar-refractivity contribution is 5.85. The fourth-order valence-corrected chi connectivity index (χ4v) is 1.66. The number of phenolic OH excluding ortho intramolecular Hbond substituents is 1. The van der Waals surface area contributed by atoms with E-state index in [4.69, 9.17) is 11.5 Å². The van der Waals surface area contributed by atoms with E-state index in [0.717, 1.165) is 12.1 Å². The van der Waals surface area contributed by atoms with Gasteiger partial charge < -0.3 is 21.3 Å². The van der Waals surface area contributed by atoms with Crippen LogP contribution < -0.4 is 11.5 Å². The Kier molecular flexibility index (Phi) is 5.59. The lowest BCUT2D eigenvalue weighted by Crippen LogP contribution is -2.37. The maximum absolute atomic E-state index is 13.3. The summed E-state index contributed by atoms with van der Waals surface area (Å²) < 4.78 is 17.9. The molecule has 0 fully saturated rings. The third-order valence-electron chi connectivity index (χ3n) is 2.96. The zero-order chi connectivity index (χ0) is 14.1. The zero-order valence-electron chi connectivity index (χ0n) is 10.9. The lowest BCUT2D eigenvalue weighted by Gasteiger charge is -2.29. The molecule has 1 aromatic carbocycles. The monoisotopic (exact) mass is 292 g/mol. The maximum atomic E-state index is 13.3. The number of hydrogen-bond donors (Lipinski definition) is 3. The molecule has 1 atom stereocenters. The van der Waals surface area contributed by atoms with Crippen LogP contribution in [0.4, 0.5) is 10.1 Å². The number of benzene rings is 1. The molecule has 0 spiro atoms. The first-order valence-electron chi connectivity index (χ1n) is 5.33. The molecule has 0 unspecified atom stereocenters. The average Bonchev–Trinajstić information content (AvgIpc) is 2.31. The van der Waals surface area contributed by atoms with Crippen molar-refractivity contribution >= 4 is 24.1 Å². The highest BCUT2D eigenvalue weighted by atomic mass is 35.5. The largest absolute Gasteiger partial charge is 0.505 e. The topological polar surface area (TPSA) is 98.6 Å². The summed E-state index contributed by atoms with van der Waals surface area (Å²) in [6, 6.07) is 1.10. The number of hydrogen-bond acceptors (Lipinski definition) is 5. The Labute approximate surface area is 117 Å². The molecule has 7 heteroatoms. The molecule has 0 bridgehead atoms. The van der Waals surface area contributed by atoms with Gasteiger partial charge in [0.2, 0.25) is 0 Å². The molecule has 1 aromatic rings. The van der Waals surface area contributed by atoms with Gasteiger partial charge in [-0.3, -0.25) is 4.79 Å². The predicted molar refractivity (Wildman–Crippen MR) is 72.5 cm³/mol. The Morgan fingerprint density at radius 2 is 2.00 bits per heavy atom. The number of rotatable bonds is 3. The zero-order valence-corrected chi connectivity index (χ0v) is 11.8. The van der Waals surface area contributed by atoms with E-state index in [1.165, 1.54) is 7.11 Å². The molecular weight excluding hydrogens is 275 g/mol. The van der Waals surface area contributed by atoms with Crippen LogP contribution in [0, 0.1) is 11.2 Å². The number of esters is 1. The van der Waals surface area contributed by atoms with Gasteiger partial charge in [0.05, 0.1) is 18.2 Å². The van der Waals surface area contributed by atoms with Crippen LogP contribution in [0.15, 0.2) is 12.1 Å². The molecular formula is C12H18ClFN2O3. The van der Waals surface area contributed by atoms with Crippen LogP contribution >= 0.6 is 12.4 Å². The van der Waals surface area contributed by atoms with Gasteiger partial charge in [-0.25, -0.2) is 4.39 Å². The van der Waals surface area contributed by atoms with Gasteiger partial charge in [-0.15, -0.1) is 12.4 Å². The van der Waals surface area contributed by atoms with E-state index in [-0.39, 0.29) is 29.4 Å². The van der Waals surface area contributed by atoms with Gasteiger partial charge in [0.1, 0.15) is 11.6 Å². The fourth-order valence-electron chi connectivity index (χ4n) is 1.66. The predicted octanol–water partition coefficient (Wildman–Crippen LogP) is 1.73. The van der Waals surface area contributed by atoms with Gasteiger partial charge in [0.15, 0.2) is 0 Å². The number of nitrogen functional groups attached to an aromatic ring is 1. The van der Waals surface area contributed by atoms with Crippen LogP contribution in [0.1, 0.15) is 25.5 Å². The van der Waals surface area contributed by atoms with Gasteiger partial charge in [-0.2, -0.15) is 0 Å². The molecule has 0 radical (unpaired) electrons. The number of carbonyl (C=O) groups is 1. The first-order valence-corrected chi connectivity index (χ1v) is 5.33. The average molecular weight is 293 g/mol. The van der Waals surface area contributed by atoms with Crippen LogP contribution in [-0.2, 0) is 9.53 Å². The second-order valence-electron chi connectivity index (χ2n) is 4.62. The van der Waals surface area contributed by atoms with Crippen molar-refractivity contribution in [2.45, 2.75) is 19.9 Å². The number of aromatic hydroxyl groups is 1. The van der Waals surface area contributed by atoms with E-state index in [0.29, 0.717) is 0 Å². The van der Waals surface area contributed by atoms with Crippen LogP contribution in [0.3, 0.4) is 0 Å². The van der Waals surface area contributed by atoms with E-state index in [1.807, 2.05) is 0 Å². The first kappa shape index (κ1) is 17.5. The molecule has 5 N–H and O–H groups in total. The van der Waals surface area contributed by atoms with Crippen LogP contribution in [0.25, 0.3) is 0 Å². The summed E-state index contributed by atoms with van der Waals surface area (Å²) in [5, 5.41) is 9.79. The van der Waals surface area contributed by atoms with Gasteiger partial charge >= 0.3 is 5.97 Å². The minimum atomic E-state index is -1.12. The summed E-state index contributed by atoms with van der Waals surface area (Å²) in [5.41, 5.74) is 10.2. The lowest BCUT2D eigenvalue weighted by molar-refractivity contribution is -0.152. The third-order valence-corrected chi connectivity index (χ3v) is 2.96. The quantitative estimate of drug-likeness (QED) is 0.448. The number of ether oxygens (including phenoxy) is 1. The summed E-state index contributed by atoms with van der Waals surface area (Å²) in [4.78, 5) is 11.6. The molecule has 0 amide bonds. The van der Waals surface area contributed by atoms with Gasteiger partial charge in [0, 0.05) is 17.7 Å². The van der Waals surface area contributed by atoms with Crippen molar-refractivity contribution in [3.05, 3.63) is 23.5 Å². The van der Waals surface area contributed by atoms with Gasteiger partial charge in [-0.05, 0) is 19.9 Å². The molecule has 0 saturated carbocycles. The van der Waals surface area contributed by atoms with E-state index >= 15 is 0 Å². The molecule has 19 heavy (non-hydrogen) atoms. The molecule has 0 aliphatic carbocycles. The molecule has 0 aromatic heterocycles. The second-order valence-corrected chi connectivity index (χ2v) is 4.62. The van der Waals surface area contributed by atoms with Crippen LogP contribution in [0.2, 0.25) is 0 Å². The minimum absolute atomic E-state index is 0. The SMILES string of the molecule is COC(=O)C(C)(C)[C@@H](N)c1cc(F)cc(N)c1O.Cl.